The van der Waals surface area contributed by atoms with Crippen molar-refractivity contribution in [3.63, 3.8) is 0 Å². The molecule has 3 aromatic rings. The molecule has 30 heavy (non-hydrogen) atoms. The number of H-pyrrole nitrogens is 1. The molecule has 0 saturated carbocycles. The van der Waals surface area contributed by atoms with Gasteiger partial charge in [-0.2, -0.15) is 5.10 Å². The van der Waals surface area contributed by atoms with Gasteiger partial charge in [-0.25, -0.2) is 9.97 Å². The third-order valence-corrected chi connectivity index (χ3v) is 4.49. The van der Waals surface area contributed by atoms with Gasteiger partial charge in [0, 0.05) is 37.5 Å². The van der Waals surface area contributed by atoms with Gasteiger partial charge in [0.1, 0.15) is 23.7 Å². The number of aromatic nitrogens is 4. The number of anilines is 3. The van der Waals surface area contributed by atoms with Crippen LogP contribution < -0.4 is 15.4 Å². The number of rotatable bonds is 11. The number of likely N-dealkylation sites (N-methyl/N-ethyl adjacent to an activating group) is 1. The number of benzene rings is 1. The smallest absolute Gasteiger partial charge is 0.222 e. The molecule has 3 rings (SSSR count). The zero-order chi connectivity index (χ0) is 21.3. The van der Waals surface area contributed by atoms with Gasteiger partial charge in [-0.1, -0.05) is 6.92 Å². The molecule has 0 bridgehead atoms. The van der Waals surface area contributed by atoms with Gasteiger partial charge in [0.15, 0.2) is 5.82 Å². The Balaban J connectivity index is 1.62. The Morgan fingerprint density at radius 2 is 2.13 bits per heavy atom. The lowest BCUT2D eigenvalue weighted by Gasteiger charge is -2.18. The summed E-state index contributed by atoms with van der Waals surface area (Å²) in [6, 6.07) is 7.35. The minimum Gasteiger partial charge on any atom is -0.493 e. The molecule has 0 spiro atoms. The summed E-state index contributed by atoms with van der Waals surface area (Å²) < 4.78 is 5.86. The quantitative estimate of drug-likeness (QED) is 0.352. The van der Waals surface area contributed by atoms with Crippen molar-refractivity contribution in [3.8, 4) is 5.75 Å². The molecule has 0 aliphatic heterocycles. The largest absolute Gasteiger partial charge is 0.493 e. The number of carbonyl (C=O) groups is 1. The van der Waals surface area contributed by atoms with Crippen molar-refractivity contribution >= 4 is 34.3 Å². The summed E-state index contributed by atoms with van der Waals surface area (Å²) in [5.41, 5.74) is 0.752. The van der Waals surface area contributed by atoms with E-state index in [0.717, 1.165) is 36.2 Å². The second kappa shape index (κ2) is 10.5. The second-order valence-electron chi connectivity index (χ2n) is 6.73. The topological polar surface area (TPSA) is 128 Å². The molecule has 4 N–H and O–H groups in total. The first-order valence-corrected chi connectivity index (χ1v) is 9.90. The minimum atomic E-state index is -0.191. The molecular formula is C20H27N7O3. The number of hydrogen-bond donors (Lipinski definition) is 4. The molecule has 0 radical (unpaired) electrons. The highest BCUT2D eigenvalue weighted by atomic mass is 16.5. The van der Waals surface area contributed by atoms with E-state index in [1.54, 1.807) is 6.07 Å². The van der Waals surface area contributed by atoms with Gasteiger partial charge in [-0.05, 0) is 25.1 Å². The molecule has 0 atom stereocenters. The van der Waals surface area contributed by atoms with Gasteiger partial charge in [0.2, 0.25) is 5.91 Å². The van der Waals surface area contributed by atoms with Crippen LogP contribution in [0.5, 0.6) is 5.75 Å². The van der Waals surface area contributed by atoms with Crippen LogP contribution in [0.1, 0.15) is 20.3 Å². The number of aliphatic hydroxyl groups excluding tert-OH is 1. The van der Waals surface area contributed by atoms with E-state index in [0.29, 0.717) is 30.6 Å². The highest BCUT2D eigenvalue weighted by Gasteiger charge is 2.09. The van der Waals surface area contributed by atoms with E-state index in [1.807, 2.05) is 18.2 Å². The summed E-state index contributed by atoms with van der Waals surface area (Å²) in [7, 11) is 0. The van der Waals surface area contributed by atoms with Gasteiger partial charge in [0.05, 0.1) is 18.7 Å². The molecule has 1 amide bonds. The Kier molecular flexibility index (Phi) is 7.52. The molecular weight excluding hydrogens is 386 g/mol. The third kappa shape index (κ3) is 5.88. The monoisotopic (exact) mass is 413 g/mol. The highest BCUT2D eigenvalue weighted by Crippen LogP contribution is 2.26. The molecule has 10 nitrogen and oxygen atoms in total. The van der Waals surface area contributed by atoms with Crippen LogP contribution in [0.3, 0.4) is 0 Å². The van der Waals surface area contributed by atoms with Gasteiger partial charge >= 0.3 is 0 Å². The Labute approximate surface area is 174 Å². The maximum atomic E-state index is 11.1. The molecule has 0 aliphatic carbocycles. The number of aromatic amines is 1. The Hall–Kier alpha value is -3.24. The fourth-order valence-corrected chi connectivity index (χ4v) is 3.03. The fourth-order valence-electron chi connectivity index (χ4n) is 3.03. The zero-order valence-electron chi connectivity index (χ0n) is 17.2. The Morgan fingerprint density at radius 1 is 1.27 bits per heavy atom. The van der Waals surface area contributed by atoms with Crippen LogP contribution in [-0.2, 0) is 4.79 Å². The van der Waals surface area contributed by atoms with Crippen LogP contribution in [0.4, 0.5) is 17.5 Å². The van der Waals surface area contributed by atoms with Crippen molar-refractivity contribution in [3.05, 3.63) is 30.6 Å². The number of nitrogens with zero attached hydrogens (tertiary/aromatic N) is 4. The van der Waals surface area contributed by atoms with Crippen molar-refractivity contribution in [1.29, 1.82) is 0 Å². The first-order valence-electron chi connectivity index (χ1n) is 9.90. The number of fused-ring (bicyclic) bond motifs is 1. The van der Waals surface area contributed by atoms with Crippen molar-refractivity contribution in [2.75, 3.05) is 43.5 Å². The third-order valence-electron chi connectivity index (χ3n) is 4.49. The zero-order valence-corrected chi connectivity index (χ0v) is 17.2. The molecule has 0 saturated heterocycles. The number of ether oxygens (including phenoxy) is 1. The maximum Gasteiger partial charge on any atom is 0.222 e. The minimum absolute atomic E-state index is 0.169. The van der Waals surface area contributed by atoms with E-state index >= 15 is 0 Å². The van der Waals surface area contributed by atoms with Crippen LogP contribution >= 0.6 is 0 Å². The SMILES string of the molecule is CCN(CCO)CCCOc1ccc2c(Nc3cc(NC(C)=O)n[nH]3)ncnc2c1. The van der Waals surface area contributed by atoms with E-state index in [1.165, 1.54) is 13.3 Å². The summed E-state index contributed by atoms with van der Waals surface area (Å²) in [5.74, 6) is 2.20. The predicted molar refractivity (Wildman–Crippen MR) is 115 cm³/mol. The van der Waals surface area contributed by atoms with Gasteiger partial charge < -0.3 is 25.4 Å². The standard InChI is InChI=1S/C20H27N7O3/c1-3-27(8-9-28)7-4-10-30-15-5-6-16-17(11-15)21-13-22-20(16)24-19-12-18(25-26-19)23-14(2)29/h5-6,11-13,28H,3-4,7-10H2,1-2H3,(H3,21,22,23,24,25,26,29). The molecule has 10 heteroatoms. The molecule has 1 aromatic carbocycles. The summed E-state index contributed by atoms with van der Waals surface area (Å²) in [6.07, 6.45) is 2.35. The normalized spacial score (nSPS) is 11.1. The van der Waals surface area contributed by atoms with Gasteiger partial charge in [0.25, 0.3) is 0 Å². The average molecular weight is 413 g/mol. The Morgan fingerprint density at radius 3 is 2.90 bits per heavy atom. The van der Waals surface area contributed by atoms with E-state index in [2.05, 4.69) is 42.6 Å². The van der Waals surface area contributed by atoms with Crippen LogP contribution in [0.15, 0.2) is 30.6 Å². The second-order valence-corrected chi connectivity index (χ2v) is 6.73. The van der Waals surface area contributed by atoms with Crippen molar-refractivity contribution in [2.24, 2.45) is 0 Å². The number of hydrogen-bond acceptors (Lipinski definition) is 8. The molecule has 0 fully saturated rings. The molecule has 160 valence electrons. The fraction of sp³-hybridized carbons (Fsp3) is 0.400. The summed E-state index contributed by atoms with van der Waals surface area (Å²) in [4.78, 5) is 21.9. The van der Waals surface area contributed by atoms with E-state index in [4.69, 9.17) is 9.84 Å². The van der Waals surface area contributed by atoms with Gasteiger partial charge in [-0.3, -0.25) is 9.89 Å². The lowest BCUT2D eigenvalue weighted by atomic mass is 10.2. The van der Waals surface area contributed by atoms with Crippen LogP contribution in [0, 0.1) is 0 Å². The average Bonchev–Trinajstić information content (AvgIpc) is 3.16. The predicted octanol–water partition coefficient (Wildman–Crippen LogP) is 2.14. The van der Waals surface area contributed by atoms with Gasteiger partial charge in [-0.15, -0.1) is 0 Å². The molecule has 0 aliphatic rings. The maximum absolute atomic E-state index is 11.1. The first-order chi connectivity index (χ1) is 14.6. The number of nitrogens with one attached hydrogen (secondary N) is 3. The summed E-state index contributed by atoms with van der Waals surface area (Å²) in [5, 5.41) is 22.5. The van der Waals surface area contributed by atoms with E-state index in [-0.39, 0.29) is 12.5 Å². The van der Waals surface area contributed by atoms with Crippen LogP contribution in [-0.4, -0.2) is 68.9 Å². The summed E-state index contributed by atoms with van der Waals surface area (Å²) in [6.45, 7) is 6.73. The molecule has 2 heterocycles. The number of aliphatic hydroxyl groups is 1. The lowest BCUT2D eigenvalue weighted by Crippen LogP contribution is -2.28. The lowest BCUT2D eigenvalue weighted by molar-refractivity contribution is -0.114. The first kappa shape index (κ1) is 21.5. The molecule has 0 unspecified atom stereocenters. The van der Waals surface area contributed by atoms with Crippen LogP contribution in [0.2, 0.25) is 0 Å². The number of carbonyl (C=O) groups excluding carboxylic acids is 1. The molecule has 2 aromatic heterocycles. The van der Waals surface area contributed by atoms with Crippen molar-refractivity contribution in [2.45, 2.75) is 20.3 Å². The number of amides is 1. The van der Waals surface area contributed by atoms with Crippen molar-refractivity contribution in [1.82, 2.24) is 25.1 Å². The Bertz CT molecular complexity index is 976. The van der Waals surface area contributed by atoms with E-state index in [9.17, 15) is 4.79 Å². The van der Waals surface area contributed by atoms with Crippen molar-refractivity contribution < 1.29 is 14.6 Å². The summed E-state index contributed by atoms with van der Waals surface area (Å²) >= 11 is 0. The highest BCUT2D eigenvalue weighted by molar-refractivity contribution is 5.92. The van der Waals surface area contributed by atoms with E-state index < -0.39 is 0 Å². The van der Waals surface area contributed by atoms with Crippen LogP contribution in [0.25, 0.3) is 10.9 Å².